The molecule has 0 bridgehead atoms. The molecule has 0 amide bonds. The highest BCUT2D eigenvalue weighted by Gasteiger charge is 2.25. The zero-order valence-electron chi connectivity index (χ0n) is 13.1. The van der Waals surface area contributed by atoms with Crippen molar-refractivity contribution < 1.29 is 9.72 Å². The second-order valence-electron chi connectivity index (χ2n) is 5.31. The molecule has 1 heterocycles. The quantitative estimate of drug-likeness (QED) is 0.356. The van der Waals surface area contributed by atoms with Crippen LogP contribution in [0.3, 0.4) is 0 Å². The molecular formula is C18H10ClN3O3S. The molecule has 0 fully saturated rings. The first-order valence-corrected chi connectivity index (χ1v) is 8.65. The minimum Gasteiger partial charge on any atom is -0.292 e. The summed E-state index contributed by atoms with van der Waals surface area (Å²) in [6, 6.07) is 14.3. The van der Waals surface area contributed by atoms with Crippen molar-refractivity contribution in [2.24, 2.45) is 0 Å². The van der Waals surface area contributed by atoms with Gasteiger partial charge in [-0.15, -0.1) is 11.3 Å². The van der Waals surface area contributed by atoms with Crippen LogP contribution in [0.15, 0.2) is 53.9 Å². The SMILES string of the molecule is N#CC(C(=O)c1ccc(Cl)cc1)c1nc(-c2cccc([N+](=O)[O-])c2)cs1. The van der Waals surface area contributed by atoms with Crippen molar-refractivity contribution in [2.75, 3.05) is 0 Å². The number of hydrogen-bond donors (Lipinski definition) is 0. The Balaban J connectivity index is 1.91. The average molecular weight is 384 g/mol. The van der Waals surface area contributed by atoms with Crippen LogP contribution in [0.4, 0.5) is 5.69 Å². The van der Waals surface area contributed by atoms with Crippen LogP contribution in [0.2, 0.25) is 5.02 Å². The summed E-state index contributed by atoms with van der Waals surface area (Å²) < 4.78 is 0. The number of nitrogens with zero attached hydrogens (tertiary/aromatic N) is 3. The maximum absolute atomic E-state index is 12.6. The summed E-state index contributed by atoms with van der Waals surface area (Å²) in [5.74, 6) is -1.42. The van der Waals surface area contributed by atoms with Gasteiger partial charge in [0, 0.05) is 33.7 Å². The second-order valence-corrected chi connectivity index (χ2v) is 6.64. The molecule has 6 nitrogen and oxygen atoms in total. The van der Waals surface area contributed by atoms with Crippen LogP contribution >= 0.6 is 22.9 Å². The normalized spacial score (nSPS) is 11.5. The number of nitro groups is 1. The van der Waals surface area contributed by atoms with Crippen LogP contribution in [0, 0.1) is 21.4 Å². The Morgan fingerprint density at radius 1 is 1.27 bits per heavy atom. The van der Waals surface area contributed by atoms with Gasteiger partial charge in [-0.1, -0.05) is 23.7 Å². The number of ketones is 1. The highest BCUT2D eigenvalue weighted by Crippen LogP contribution is 2.30. The van der Waals surface area contributed by atoms with Crippen molar-refractivity contribution in [1.82, 2.24) is 4.98 Å². The molecule has 0 radical (unpaired) electrons. The van der Waals surface area contributed by atoms with Crippen molar-refractivity contribution in [3.05, 3.63) is 79.6 Å². The molecular weight excluding hydrogens is 374 g/mol. The van der Waals surface area contributed by atoms with Gasteiger partial charge in [-0.05, 0) is 24.3 Å². The van der Waals surface area contributed by atoms with E-state index in [1.54, 1.807) is 41.8 Å². The monoisotopic (exact) mass is 383 g/mol. The van der Waals surface area contributed by atoms with E-state index < -0.39 is 10.8 Å². The van der Waals surface area contributed by atoms with E-state index >= 15 is 0 Å². The van der Waals surface area contributed by atoms with E-state index in [0.29, 0.717) is 26.9 Å². The Morgan fingerprint density at radius 2 is 2.00 bits per heavy atom. The predicted molar refractivity (Wildman–Crippen MR) is 98.3 cm³/mol. The average Bonchev–Trinajstić information content (AvgIpc) is 3.13. The molecule has 0 saturated carbocycles. The standard InChI is InChI=1S/C18H10ClN3O3S/c19-13-6-4-11(5-7-13)17(23)15(9-20)18-21-16(10-26-18)12-2-1-3-14(8-12)22(24)25/h1-8,10,15H. The fraction of sp³-hybridized carbons (Fsp3) is 0.0556. The predicted octanol–water partition coefficient (Wildman–Crippen LogP) is 4.86. The Hall–Kier alpha value is -3.08. The smallest absolute Gasteiger partial charge is 0.270 e. The van der Waals surface area contributed by atoms with Gasteiger partial charge in [-0.2, -0.15) is 5.26 Å². The van der Waals surface area contributed by atoms with Gasteiger partial charge in [-0.25, -0.2) is 4.98 Å². The van der Waals surface area contributed by atoms with Crippen LogP contribution in [0.1, 0.15) is 21.3 Å². The first-order valence-electron chi connectivity index (χ1n) is 7.39. The number of aromatic nitrogens is 1. The molecule has 0 saturated heterocycles. The fourth-order valence-corrected chi connectivity index (χ4v) is 3.33. The Morgan fingerprint density at radius 3 is 2.65 bits per heavy atom. The lowest BCUT2D eigenvalue weighted by molar-refractivity contribution is -0.384. The number of non-ortho nitro benzene ring substituents is 1. The summed E-state index contributed by atoms with van der Waals surface area (Å²) in [6.45, 7) is 0. The number of nitriles is 1. The summed E-state index contributed by atoms with van der Waals surface area (Å²) in [5, 5.41) is 22.9. The molecule has 1 aromatic heterocycles. The maximum Gasteiger partial charge on any atom is 0.270 e. The molecule has 3 rings (SSSR count). The lowest BCUT2D eigenvalue weighted by Gasteiger charge is -2.05. The molecule has 0 aliphatic rings. The summed E-state index contributed by atoms with van der Waals surface area (Å²) in [4.78, 5) is 27.3. The Kier molecular flexibility index (Phi) is 5.07. The Labute approximate surface area is 157 Å². The maximum atomic E-state index is 12.6. The van der Waals surface area contributed by atoms with Gasteiger partial charge in [-0.3, -0.25) is 14.9 Å². The minimum atomic E-state index is -1.05. The highest BCUT2D eigenvalue weighted by atomic mass is 35.5. The zero-order valence-corrected chi connectivity index (χ0v) is 14.7. The van der Waals surface area contributed by atoms with Gasteiger partial charge < -0.3 is 0 Å². The molecule has 0 N–H and O–H groups in total. The number of carbonyl (C=O) groups excluding carboxylic acids is 1. The first kappa shape index (κ1) is 17.7. The third-order valence-corrected chi connectivity index (χ3v) is 4.80. The largest absolute Gasteiger partial charge is 0.292 e. The zero-order chi connectivity index (χ0) is 18.7. The van der Waals surface area contributed by atoms with Crippen LogP contribution in [0.25, 0.3) is 11.3 Å². The molecule has 2 aromatic carbocycles. The number of Topliss-reactive ketones (excluding diaryl/α,β-unsaturated/α-hetero) is 1. The van der Waals surface area contributed by atoms with Crippen molar-refractivity contribution in [2.45, 2.75) is 5.92 Å². The van der Waals surface area contributed by atoms with Gasteiger partial charge >= 0.3 is 0 Å². The number of carbonyl (C=O) groups is 1. The first-order chi connectivity index (χ1) is 12.5. The fourth-order valence-electron chi connectivity index (χ4n) is 2.34. The summed E-state index contributed by atoms with van der Waals surface area (Å²) >= 11 is 6.99. The number of benzene rings is 2. The van der Waals surface area contributed by atoms with E-state index in [-0.39, 0.29) is 11.5 Å². The van der Waals surface area contributed by atoms with E-state index in [4.69, 9.17) is 11.6 Å². The molecule has 1 atom stereocenters. The van der Waals surface area contributed by atoms with Crippen molar-refractivity contribution in [1.29, 1.82) is 5.26 Å². The molecule has 0 spiro atoms. The number of rotatable bonds is 5. The third-order valence-electron chi connectivity index (χ3n) is 3.64. The van der Waals surface area contributed by atoms with E-state index in [2.05, 4.69) is 4.98 Å². The van der Waals surface area contributed by atoms with E-state index in [1.807, 2.05) is 6.07 Å². The molecule has 0 aliphatic heterocycles. The number of halogens is 1. The lowest BCUT2D eigenvalue weighted by Crippen LogP contribution is -2.11. The van der Waals surface area contributed by atoms with Crippen molar-refractivity contribution in [3.63, 3.8) is 0 Å². The molecule has 3 aromatic rings. The Bertz CT molecular complexity index is 1020. The van der Waals surface area contributed by atoms with Gasteiger partial charge in [0.1, 0.15) is 5.01 Å². The molecule has 1 unspecified atom stereocenters. The van der Waals surface area contributed by atoms with Gasteiger partial charge in [0.2, 0.25) is 0 Å². The van der Waals surface area contributed by atoms with Crippen molar-refractivity contribution >= 4 is 34.4 Å². The lowest BCUT2D eigenvalue weighted by atomic mass is 9.99. The molecule has 0 aliphatic carbocycles. The number of nitro benzene ring substituents is 1. The van der Waals surface area contributed by atoms with Crippen LogP contribution < -0.4 is 0 Å². The van der Waals surface area contributed by atoms with Gasteiger partial charge in [0.15, 0.2) is 11.7 Å². The highest BCUT2D eigenvalue weighted by molar-refractivity contribution is 7.10. The van der Waals surface area contributed by atoms with Crippen molar-refractivity contribution in [3.8, 4) is 17.3 Å². The number of thiazole rings is 1. The summed E-state index contributed by atoms with van der Waals surface area (Å²) in [5.41, 5.74) is 1.36. The van der Waals surface area contributed by atoms with E-state index in [9.17, 15) is 20.2 Å². The topological polar surface area (TPSA) is 96.9 Å². The van der Waals surface area contributed by atoms with Crippen LogP contribution in [-0.4, -0.2) is 15.7 Å². The summed E-state index contributed by atoms with van der Waals surface area (Å²) in [6.07, 6.45) is 0. The second kappa shape index (κ2) is 7.44. The number of hydrogen-bond acceptors (Lipinski definition) is 6. The van der Waals surface area contributed by atoms with Gasteiger partial charge in [0.25, 0.3) is 5.69 Å². The summed E-state index contributed by atoms with van der Waals surface area (Å²) in [7, 11) is 0. The van der Waals surface area contributed by atoms with Crippen LogP contribution in [0.5, 0.6) is 0 Å². The molecule has 128 valence electrons. The minimum absolute atomic E-state index is 0.0499. The van der Waals surface area contributed by atoms with Gasteiger partial charge in [0.05, 0.1) is 16.7 Å². The van der Waals surface area contributed by atoms with Crippen LogP contribution in [-0.2, 0) is 0 Å². The molecule has 8 heteroatoms. The van der Waals surface area contributed by atoms with E-state index in [0.717, 1.165) is 0 Å². The third kappa shape index (κ3) is 3.61. The van der Waals surface area contributed by atoms with E-state index in [1.165, 1.54) is 23.5 Å². The molecule has 26 heavy (non-hydrogen) atoms.